The lowest BCUT2D eigenvalue weighted by Gasteiger charge is -2.11. The maximum atomic E-state index is 12.8. The lowest BCUT2D eigenvalue weighted by atomic mass is 10.2. The predicted molar refractivity (Wildman–Crippen MR) is 52.3 cm³/mol. The van der Waals surface area contributed by atoms with E-state index in [0.717, 1.165) is 0 Å². The standard InChI is InChI=1S/C10H11F3N2O/c1-5(4-14)15-10(16)6-2-7(11)9(13)8(12)3-6/h2-3,5H,4,14H2,1H3,(H,15,16)/t5-/m1/s1. The van der Waals surface area contributed by atoms with Gasteiger partial charge in [-0.1, -0.05) is 0 Å². The molecule has 3 nitrogen and oxygen atoms in total. The van der Waals surface area contributed by atoms with Crippen molar-refractivity contribution in [1.29, 1.82) is 0 Å². The number of nitrogens with two attached hydrogens (primary N) is 1. The Labute approximate surface area is 90.4 Å². The van der Waals surface area contributed by atoms with Crippen LogP contribution in [0.4, 0.5) is 13.2 Å². The fourth-order valence-corrected chi connectivity index (χ4v) is 1.05. The van der Waals surface area contributed by atoms with E-state index < -0.39 is 23.4 Å². The van der Waals surface area contributed by atoms with E-state index in [-0.39, 0.29) is 18.2 Å². The molecule has 1 aromatic carbocycles. The first-order chi connectivity index (χ1) is 7.45. The van der Waals surface area contributed by atoms with Crippen LogP contribution in [0, 0.1) is 17.5 Å². The van der Waals surface area contributed by atoms with Gasteiger partial charge in [-0.05, 0) is 19.1 Å². The maximum absolute atomic E-state index is 12.8. The number of benzene rings is 1. The Morgan fingerprint density at radius 2 is 1.88 bits per heavy atom. The van der Waals surface area contributed by atoms with Crippen molar-refractivity contribution >= 4 is 5.91 Å². The minimum atomic E-state index is -1.59. The van der Waals surface area contributed by atoms with Gasteiger partial charge in [-0.2, -0.15) is 0 Å². The summed E-state index contributed by atoms with van der Waals surface area (Å²) in [5.74, 6) is -5.09. The highest BCUT2D eigenvalue weighted by Crippen LogP contribution is 2.13. The Bertz CT molecular complexity index is 386. The Kier molecular flexibility index (Phi) is 3.89. The number of halogens is 3. The lowest BCUT2D eigenvalue weighted by Crippen LogP contribution is -2.37. The molecule has 0 aliphatic rings. The second-order valence-corrected chi connectivity index (χ2v) is 3.36. The zero-order valence-electron chi connectivity index (χ0n) is 8.56. The van der Waals surface area contributed by atoms with Crippen LogP contribution in [0.3, 0.4) is 0 Å². The van der Waals surface area contributed by atoms with Crippen molar-refractivity contribution in [3.05, 3.63) is 35.1 Å². The second kappa shape index (κ2) is 4.98. The number of nitrogens with one attached hydrogen (secondary N) is 1. The summed E-state index contributed by atoms with van der Waals surface area (Å²) in [5.41, 5.74) is 4.98. The van der Waals surface area contributed by atoms with E-state index in [0.29, 0.717) is 12.1 Å². The maximum Gasteiger partial charge on any atom is 0.251 e. The summed E-state index contributed by atoms with van der Waals surface area (Å²) < 4.78 is 38.2. The molecule has 0 fully saturated rings. The van der Waals surface area contributed by atoms with Crippen molar-refractivity contribution in [2.24, 2.45) is 5.73 Å². The van der Waals surface area contributed by atoms with E-state index in [1.165, 1.54) is 0 Å². The number of carbonyl (C=O) groups excluding carboxylic acids is 1. The van der Waals surface area contributed by atoms with E-state index in [1.54, 1.807) is 6.92 Å². The molecule has 0 saturated heterocycles. The summed E-state index contributed by atoms with van der Waals surface area (Å²) in [7, 11) is 0. The number of rotatable bonds is 3. The van der Waals surface area contributed by atoms with Gasteiger partial charge in [-0.3, -0.25) is 4.79 Å². The molecular formula is C10H11F3N2O. The average Bonchev–Trinajstić information content (AvgIpc) is 2.24. The fraction of sp³-hybridized carbons (Fsp3) is 0.300. The molecule has 88 valence electrons. The molecule has 6 heteroatoms. The number of amides is 1. The highest BCUT2D eigenvalue weighted by Gasteiger charge is 2.15. The third-order valence-corrected chi connectivity index (χ3v) is 1.98. The van der Waals surface area contributed by atoms with Crippen LogP contribution < -0.4 is 11.1 Å². The average molecular weight is 232 g/mol. The minimum absolute atomic E-state index is 0.192. The smallest absolute Gasteiger partial charge is 0.251 e. The van der Waals surface area contributed by atoms with Crippen molar-refractivity contribution in [1.82, 2.24) is 5.32 Å². The van der Waals surface area contributed by atoms with E-state index in [2.05, 4.69) is 5.32 Å². The molecule has 16 heavy (non-hydrogen) atoms. The predicted octanol–water partition coefficient (Wildman–Crippen LogP) is 1.18. The summed E-state index contributed by atoms with van der Waals surface area (Å²) in [6, 6.07) is 0.942. The molecule has 0 aliphatic heterocycles. The Balaban J connectivity index is 2.93. The molecule has 0 saturated carbocycles. The van der Waals surface area contributed by atoms with Crippen LogP contribution in [0.25, 0.3) is 0 Å². The van der Waals surface area contributed by atoms with Crippen molar-refractivity contribution in [3.8, 4) is 0 Å². The van der Waals surface area contributed by atoms with Crippen LogP contribution in [0.2, 0.25) is 0 Å². The molecule has 0 bridgehead atoms. The van der Waals surface area contributed by atoms with Crippen LogP contribution >= 0.6 is 0 Å². The zero-order valence-corrected chi connectivity index (χ0v) is 8.56. The molecule has 1 atom stereocenters. The van der Waals surface area contributed by atoms with Gasteiger partial charge in [0.05, 0.1) is 0 Å². The van der Waals surface area contributed by atoms with Gasteiger partial charge in [0.1, 0.15) is 0 Å². The van der Waals surface area contributed by atoms with Crippen LogP contribution in [-0.2, 0) is 0 Å². The van der Waals surface area contributed by atoms with Crippen molar-refractivity contribution in [2.45, 2.75) is 13.0 Å². The van der Waals surface area contributed by atoms with Gasteiger partial charge in [0.15, 0.2) is 17.5 Å². The molecule has 0 spiro atoms. The van der Waals surface area contributed by atoms with E-state index in [4.69, 9.17) is 5.73 Å². The van der Waals surface area contributed by atoms with Gasteiger partial charge in [-0.15, -0.1) is 0 Å². The van der Waals surface area contributed by atoms with Crippen LogP contribution in [0.1, 0.15) is 17.3 Å². The first-order valence-corrected chi connectivity index (χ1v) is 4.61. The summed E-state index contributed by atoms with van der Waals surface area (Å²) in [4.78, 5) is 11.4. The van der Waals surface area contributed by atoms with Gasteiger partial charge in [0, 0.05) is 18.2 Å². The van der Waals surface area contributed by atoms with E-state index in [9.17, 15) is 18.0 Å². The Morgan fingerprint density at radius 3 is 2.31 bits per heavy atom. The molecule has 0 aromatic heterocycles. The molecule has 0 radical (unpaired) electrons. The lowest BCUT2D eigenvalue weighted by molar-refractivity contribution is 0.0940. The van der Waals surface area contributed by atoms with Crippen molar-refractivity contribution in [2.75, 3.05) is 6.54 Å². The van der Waals surface area contributed by atoms with Gasteiger partial charge in [0.25, 0.3) is 5.91 Å². The number of hydrogen-bond donors (Lipinski definition) is 2. The Morgan fingerprint density at radius 1 is 1.38 bits per heavy atom. The topological polar surface area (TPSA) is 55.1 Å². The zero-order chi connectivity index (χ0) is 12.3. The monoisotopic (exact) mass is 232 g/mol. The van der Waals surface area contributed by atoms with E-state index >= 15 is 0 Å². The molecule has 1 amide bonds. The molecule has 0 unspecified atom stereocenters. The number of carbonyl (C=O) groups is 1. The highest BCUT2D eigenvalue weighted by molar-refractivity contribution is 5.94. The Hall–Kier alpha value is -1.56. The summed E-state index contributed by atoms with van der Waals surface area (Å²) in [5, 5.41) is 2.40. The second-order valence-electron chi connectivity index (χ2n) is 3.36. The normalized spacial score (nSPS) is 12.3. The molecule has 0 heterocycles. The molecule has 0 aliphatic carbocycles. The highest BCUT2D eigenvalue weighted by atomic mass is 19.2. The quantitative estimate of drug-likeness (QED) is 0.769. The fourth-order valence-electron chi connectivity index (χ4n) is 1.05. The molecule has 1 rings (SSSR count). The number of hydrogen-bond acceptors (Lipinski definition) is 2. The van der Waals surface area contributed by atoms with Gasteiger partial charge in [0.2, 0.25) is 0 Å². The first-order valence-electron chi connectivity index (χ1n) is 4.61. The van der Waals surface area contributed by atoms with Gasteiger partial charge < -0.3 is 11.1 Å². The van der Waals surface area contributed by atoms with Gasteiger partial charge in [-0.25, -0.2) is 13.2 Å². The van der Waals surface area contributed by atoms with Crippen LogP contribution in [0.15, 0.2) is 12.1 Å². The molecular weight excluding hydrogens is 221 g/mol. The molecule has 1 aromatic rings. The summed E-state index contributed by atoms with van der Waals surface area (Å²) in [6.45, 7) is 1.83. The van der Waals surface area contributed by atoms with Gasteiger partial charge >= 0.3 is 0 Å². The van der Waals surface area contributed by atoms with Crippen LogP contribution in [0.5, 0.6) is 0 Å². The van der Waals surface area contributed by atoms with Crippen molar-refractivity contribution in [3.63, 3.8) is 0 Å². The SMILES string of the molecule is C[C@H](CN)NC(=O)c1cc(F)c(F)c(F)c1. The minimum Gasteiger partial charge on any atom is -0.348 e. The third kappa shape index (κ3) is 2.73. The van der Waals surface area contributed by atoms with Crippen LogP contribution in [-0.4, -0.2) is 18.5 Å². The molecule has 3 N–H and O–H groups in total. The summed E-state index contributed by atoms with van der Waals surface area (Å²) >= 11 is 0. The van der Waals surface area contributed by atoms with Crippen molar-refractivity contribution < 1.29 is 18.0 Å². The van der Waals surface area contributed by atoms with E-state index in [1.807, 2.05) is 0 Å². The summed E-state index contributed by atoms with van der Waals surface area (Å²) in [6.07, 6.45) is 0. The first kappa shape index (κ1) is 12.5. The largest absolute Gasteiger partial charge is 0.348 e. The third-order valence-electron chi connectivity index (χ3n) is 1.98.